The second-order valence-corrected chi connectivity index (χ2v) is 7.67. The molecule has 26 heavy (non-hydrogen) atoms. The molecule has 1 aliphatic carbocycles. The predicted molar refractivity (Wildman–Crippen MR) is 102 cm³/mol. The van der Waals surface area contributed by atoms with Crippen LogP contribution in [-0.4, -0.2) is 49.3 Å². The van der Waals surface area contributed by atoms with Gasteiger partial charge in [-0.3, -0.25) is 4.79 Å². The van der Waals surface area contributed by atoms with E-state index in [2.05, 4.69) is 18.2 Å². The number of likely N-dealkylation sites (tertiary alicyclic amines) is 1. The second kappa shape index (κ2) is 8.87. The smallest absolute Gasteiger partial charge is 0.219 e. The molecule has 2 fully saturated rings. The molecule has 1 aromatic carbocycles. The van der Waals surface area contributed by atoms with Crippen LogP contribution in [0.25, 0.3) is 0 Å². The van der Waals surface area contributed by atoms with Gasteiger partial charge in [0.2, 0.25) is 5.91 Å². The van der Waals surface area contributed by atoms with Crippen LogP contribution >= 0.6 is 0 Å². The van der Waals surface area contributed by atoms with E-state index in [9.17, 15) is 4.79 Å². The number of amides is 1. The zero-order valence-electron chi connectivity index (χ0n) is 16.0. The standard InChI is InChI=1S/C21H32N2O3/c1-15(24)23-12-4-7-20(22)21(23)14-26-18-10-8-16(9-11-18)17-5-3-6-19(13-17)25-2/h3,5-6,13,16,18,20-21H,4,7-12,14,22H2,1-2H3/t16?,18?,20-,21-/m0/s1. The Hall–Kier alpha value is -1.59. The lowest BCUT2D eigenvalue weighted by atomic mass is 9.82. The molecule has 144 valence electrons. The third-order valence-corrected chi connectivity index (χ3v) is 5.98. The average molecular weight is 360 g/mol. The van der Waals surface area contributed by atoms with Gasteiger partial charge in [-0.25, -0.2) is 0 Å². The third-order valence-electron chi connectivity index (χ3n) is 5.98. The van der Waals surface area contributed by atoms with Crippen molar-refractivity contribution < 1.29 is 14.3 Å². The minimum absolute atomic E-state index is 0.0253. The Labute approximate surface area is 156 Å². The fraction of sp³-hybridized carbons (Fsp3) is 0.667. The van der Waals surface area contributed by atoms with Crippen molar-refractivity contribution in [3.63, 3.8) is 0 Å². The summed E-state index contributed by atoms with van der Waals surface area (Å²) in [4.78, 5) is 13.8. The van der Waals surface area contributed by atoms with Gasteiger partial charge >= 0.3 is 0 Å². The number of methoxy groups -OCH3 is 1. The van der Waals surface area contributed by atoms with E-state index in [1.807, 2.05) is 11.0 Å². The molecule has 2 aliphatic rings. The molecule has 1 heterocycles. The number of carbonyl (C=O) groups is 1. The zero-order chi connectivity index (χ0) is 18.5. The first-order valence-corrected chi connectivity index (χ1v) is 9.87. The lowest BCUT2D eigenvalue weighted by molar-refractivity contribution is -0.135. The van der Waals surface area contributed by atoms with Gasteiger partial charge in [0.05, 0.1) is 25.9 Å². The summed E-state index contributed by atoms with van der Waals surface area (Å²) in [6.07, 6.45) is 6.62. The Morgan fingerprint density at radius 3 is 2.69 bits per heavy atom. The van der Waals surface area contributed by atoms with Crippen LogP contribution in [0, 0.1) is 0 Å². The van der Waals surface area contributed by atoms with Crippen molar-refractivity contribution in [3.05, 3.63) is 29.8 Å². The number of nitrogens with zero attached hydrogens (tertiary/aromatic N) is 1. The molecule has 0 aromatic heterocycles. The van der Waals surface area contributed by atoms with Crippen molar-refractivity contribution in [2.24, 2.45) is 5.73 Å². The third kappa shape index (κ3) is 4.57. The van der Waals surface area contributed by atoms with Gasteiger partial charge in [-0.15, -0.1) is 0 Å². The highest BCUT2D eigenvalue weighted by molar-refractivity contribution is 5.73. The molecule has 5 heteroatoms. The molecular weight excluding hydrogens is 328 g/mol. The Morgan fingerprint density at radius 2 is 2.00 bits per heavy atom. The summed E-state index contributed by atoms with van der Waals surface area (Å²) < 4.78 is 11.5. The van der Waals surface area contributed by atoms with Crippen molar-refractivity contribution >= 4 is 5.91 Å². The number of ether oxygens (including phenoxy) is 2. The maximum absolute atomic E-state index is 11.9. The summed E-state index contributed by atoms with van der Waals surface area (Å²) in [6, 6.07) is 8.46. The molecule has 1 saturated carbocycles. The molecular formula is C21H32N2O3. The second-order valence-electron chi connectivity index (χ2n) is 7.67. The molecule has 5 nitrogen and oxygen atoms in total. The van der Waals surface area contributed by atoms with Crippen molar-refractivity contribution in [1.82, 2.24) is 4.90 Å². The zero-order valence-corrected chi connectivity index (χ0v) is 16.0. The molecule has 2 N–H and O–H groups in total. The van der Waals surface area contributed by atoms with Crippen molar-refractivity contribution in [2.75, 3.05) is 20.3 Å². The lowest BCUT2D eigenvalue weighted by Crippen LogP contribution is -2.56. The number of hydrogen-bond acceptors (Lipinski definition) is 4. The van der Waals surface area contributed by atoms with Gasteiger partial charge in [-0.1, -0.05) is 12.1 Å². The summed E-state index contributed by atoms with van der Waals surface area (Å²) in [6.45, 7) is 3.00. The Kier molecular flexibility index (Phi) is 6.54. The summed E-state index contributed by atoms with van der Waals surface area (Å²) in [5.74, 6) is 1.61. The van der Waals surface area contributed by atoms with Gasteiger partial charge in [-0.2, -0.15) is 0 Å². The fourth-order valence-corrected chi connectivity index (χ4v) is 4.38. The highest BCUT2D eigenvalue weighted by Crippen LogP contribution is 2.35. The van der Waals surface area contributed by atoms with Crippen LogP contribution in [0.4, 0.5) is 0 Å². The summed E-state index contributed by atoms with van der Waals surface area (Å²) in [7, 11) is 1.71. The molecule has 3 rings (SSSR count). The van der Waals surface area contributed by atoms with Crippen LogP contribution in [-0.2, 0) is 9.53 Å². The molecule has 0 spiro atoms. The van der Waals surface area contributed by atoms with Gasteiger partial charge in [-0.05, 0) is 62.1 Å². The number of rotatable bonds is 5. The molecule has 1 saturated heterocycles. The predicted octanol–water partition coefficient (Wildman–Crippen LogP) is 3.08. The summed E-state index contributed by atoms with van der Waals surface area (Å²) >= 11 is 0. The molecule has 1 aliphatic heterocycles. The first kappa shape index (κ1) is 19.2. The van der Waals surface area contributed by atoms with E-state index in [1.165, 1.54) is 5.56 Å². The molecule has 0 unspecified atom stereocenters. The number of piperidine rings is 1. The van der Waals surface area contributed by atoms with E-state index in [4.69, 9.17) is 15.2 Å². The lowest BCUT2D eigenvalue weighted by Gasteiger charge is -2.40. The van der Waals surface area contributed by atoms with Crippen molar-refractivity contribution in [1.29, 1.82) is 0 Å². The number of nitrogens with two attached hydrogens (primary N) is 1. The topological polar surface area (TPSA) is 64.8 Å². The van der Waals surface area contributed by atoms with E-state index in [1.54, 1.807) is 14.0 Å². The van der Waals surface area contributed by atoms with E-state index >= 15 is 0 Å². The van der Waals surface area contributed by atoms with E-state index in [0.29, 0.717) is 12.5 Å². The average Bonchev–Trinajstić information content (AvgIpc) is 2.67. The molecule has 2 atom stereocenters. The Morgan fingerprint density at radius 1 is 1.23 bits per heavy atom. The SMILES string of the molecule is COc1cccc(C2CCC(OC[C@H]3[C@@H](N)CCCN3C(C)=O)CC2)c1. The van der Waals surface area contributed by atoms with E-state index < -0.39 is 0 Å². The van der Waals surface area contributed by atoms with Gasteiger partial charge in [0.1, 0.15) is 5.75 Å². The van der Waals surface area contributed by atoms with Crippen LogP contribution in [0.15, 0.2) is 24.3 Å². The molecule has 0 radical (unpaired) electrons. The van der Waals surface area contributed by atoms with Crippen molar-refractivity contribution in [3.8, 4) is 5.75 Å². The first-order valence-electron chi connectivity index (χ1n) is 9.87. The monoisotopic (exact) mass is 360 g/mol. The van der Waals surface area contributed by atoms with Crippen molar-refractivity contribution in [2.45, 2.75) is 69.6 Å². The van der Waals surface area contributed by atoms with E-state index in [0.717, 1.165) is 50.8 Å². The largest absolute Gasteiger partial charge is 0.497 e. The van der Waals surface area contributed by atoms with Gasteiger partial charge < -0.3 is 20.1 Å². The van der Waals surface area contributed by atoms with Crippen LogP contribution in [0.5, 0.6) is 5.75 Å². The van der Waals surface area contributed by atoms with Gasteiger partial charge in [0.25, 0.3) is 0 Å². The quantitative estimate of drug-likeness (QED) is 0.876. The minimum atomic E-state index is 0.0253. The van der Waals surface area contributed by atoms with Gasteiger partial charge in [0, 0.05) is 19.5 Å². The highest BCUT2D eigenvalue weighted by atomic mass is 16.5. The van der Waals surface area contributed by atoms with E-state index in [-0.39, 0.29) is 24.1 Å². The highest BCUT2D eigenvalue weighted by Gasteiger charge is 2.32. The van der Waals surface area contributed by atoms with Crippen LogP contribution < -0.4 is 10.5 Å². The fourth-order valence-electron chi connectivity index (χ4n) is 4.38. The Balaban J connectivity index is 1.50. The number of hydrogen-bond donors (Lipinski definition) is 1. The normalized spacial score (nSPS) is 29.4. The maximum atomic E-state index is 11.9. The van der Waals surface area contributed by atoms with Crippen LogP contribution in [0.3, 0.4) is 0 Å². The summed E-state index contributed by atoms with van der Waals surface area (Å²) in [5, 5.41) is 0. The first-order chi connectivity index (χ1) is 12.6. The molecule has 1 amide bonds. The Bertz CT molecular complexity index is 599. The van der Waals surface area contributed by atoms with Crippen LogP contribution in [0.1, 0.15) is 56.9 Å². The minimum Gasteiger partial charge on any atom is -0.497 e. The molecule has 0 bridgehead atoms. The number of carbonyl (C=O) groups excluding carboxylic acids is 1. The number of benzene rings is 1. The summed E-state index contributed by atoms with van der Waals surface area (Å²) in [5.41, 5.74) is 7.62. The van der Waals surface area contributed by atoms with Crippen LogP contribution in [0.2, 0.25) is 0 Å². The molecule has 1 aromatic rings. The maximum Gasteiger partial charge on any atom is 0.219 e. The van der Waals surface area contributed by atoms with Gasteiger partial charge in [0.15, 0.2) is 0 Å².